The maximum atomic E-state index is 6.09. The highest BCUT2D eigenvalue weighted by Crippen LogP contribution is 2.43. The molecule has 49 heavy (non-hydrogen) atoms. The van der Waals surface area contributed by atoms with Crippen LogP contribution in [-0.2, 0) is 0 Å². The van der Waals surface area contributed by atoms with Crippen molar-refractivity contribution in [2.45, 2.75) is 0 Å². The average Bonchev–Trinajstić information content (AvgIpc) is 3.73. The molecule has 7 aromatic carbocycles. The lowest BCUT2D eigenvalue weighted by Gasteiger charge is -2.30. The van der Waals surface area contributed by atoms with Crippen molar-refractivity contribution < 1.29 is 4.42 Å². The molecule has 0 amide bonds. The van der Waals surface area contributed by atoms with E-state index in [4.69, 9.17) is 4.42 Å². The van der Waals surface area contributed by atoms with Gasteiger partial charge in [0.1, 0.15) is 11.2 Å². The number of benzene rings is 7. The zero-order chi connectivity index (χ0) is 32.3. The standard InChI is InChI=1S/C45H30N2OS/c1-3-12-41-36(9-1)38-27-32(18-24-42(38)48-41)29-14-20-34(21-15-29)47(40-11-5-7-31-8-6-26-46-45(31)40)35-22-16-30(17-23-35)33-19-25-44-39(28-33)37-10-2-4-13-43(37)49-44/h1-25,27-28,46H,26H2. The smallest absolute Gasteiger partial charge is 0.135 e. The van der Waals surface area contributed by atoms with Gasteiger partial charge in [-0.1, -0.05) is 97.1 Å². The molecule has 0 atom stereocenters. The van der Waals surface area contributed by atoms with Crippen LogP contribution in [0.4, 0.5) is 22.7 Å². The van der Waals surface area contributed by atoms with E-state index >= 15 is 0 Å². The van der Waals surface area contributed by atoms with Crippen LogP contribution in [0.5, 0.6) is 0 Å². The first kappa shape index (κ1) is 28.0. The van der Waals surface area contributed by atoms with Crippen LogP contribution in [0.25, 0.3) is 70.4 Å². The van der Waals surface area contributed by atoms with Gasteiger partial charge in [-0.2, -0.15) is 0 Å². The van der Waals surface area contributed by atoms with Gasteiger partial charge in [-0.25, -0.2) is 0 Å². The van der Waals surface area contributed by atoms with Crippen LogP contribution in [0.1, 0.15) is 5.56 Å². The number of rotatable bonds is 5. The molecule has 3 nitrogen and oxygen atoms in total. The number of furan rings is 1. The van der Waals surface area contributed by atoms with Crippen LogP contribution in [0, 0.1) is 0 Å². The Balaban J connectivity index is 1.05. The highest BCUT2D eigenvalue weighted by Gasteiger charge is 2.19. The molecule has 2 aromatic heterocycles. The fourth-order valence-corrected chi connectivity index (χ4v) is 8.35. The van der Waals surface area contributed by atoms with Crippen LogP contribution in [0.3, 0.4) is 0 Å². The van der Waals surface area contributed by atoms with E-state index in [1.165, 1.54) is 48.0 Å². The monoisotopic (exact) mass is 646 g/mol. The number of para-hydroxylation sites is 2. The van der Waals surface area contributed by atoms with Crippen LogP contribution in [0.2, 0.25) is 0 Å². The minimum atomic E-state index is 0.806. The number of anilines is 4. The van der Waals surface area contributed by atoms with Gasteiger partial charge >= 0.3 is 0 Å². The van der Waals surface area contributed by atoms with E-state index in [1.807, 2.05) is 23.5 Å². The molecule has 0 bridgehead atoms. The van der Waals surface area contributed by atoms with E-state index in [9.17, 15) is 0 Å². The summed E-state index contributed by atoms with van der Waals surface area (Å²) in [4.78, 5) is 2.36. The largest absolute Gasteiger partial charge is 0.456 e. The minimum absolute atomic E-state index is 0.806. The summed E-state index contributed by atoms with van der Waals surface area (Å²) in [5, 5.41) is 8.57. The third kappa shape index (κ3) is 4.72. The maximum Gasteiger partial charge on any atom is 0.135 e. The van der Waals surface area contributed by atoms with Gasteiger partial charge in [-0.05, 0) is 94.5 Å². The van der Waals surface area contributed by atoms with Crippen molar-refractivity contribution in [2.75, 3.05) is 16.8 Å². The summed E-state index contributed by atoms with van der Waals surface area (Å²) in [5.41, 5.74) is 12.3. The molecular weight excluding hydrogens is 617 g/mol. The summed E-state index contributed by atoms with van der Waals surface area (Å²) >= 11 is 1.86. The second-order valence-corrected chi connectivity index (χ2v) is 13.7. The highest BCUT2D eigenvalue weighted by atomic mass is 32.1. The molecule has 1 aliphatic rings. The molecule has 1 N–H and O–H groups in total. The van der Waals surface area contributed by atoms with Crippen LogP contribution in [0.15, 0.2) is 162 Å². The Morgan fingerprint density at radius 2 is 1.14 bits per heavy atom. The number of fused-ring (bicyclic) bond motifs is 7. The van der Waals surface area contributed by atoms with Crippen molar-refractivity contribution in [1.82, 2.24) is 0 Å². The number of thiophene rings is 1. The number of nitrogens with zero attached hydrogens (tertiary/aromatic N) is 1. The zero-order valence-electron chi connectivity index (χ0n) is 26.6. The normalized spacial score (nSPS) is 12.5. The van der Waals surface area contributed by atoms with E-state index in [0.717, 1.165) is 51.2 Å². The Labute approximate surface area is 288 Å². The highest BCUT2D eigenvalue weighted by molar-refractivity contribution is 7.25. The third-order valence-electron chi connectivity index (χ3n) is 9.68. The fraction of sp³-hybridized carbons (Fsp3) is 0.0222. The number of hydrogen-bond donors (Lipinski definition) is 1. The molecule has 0 saturated heterocycles. The van der Waals surface area contributed by atoms with E-state index in [2.05, 4.69) is 162 Å². The summed E-state index contributed by atoms with van der Waals surface area (Å²) in [7, 11) is 0. The summed E-state index contributed by atoms with van der Waals surface area (Å²) in [6.07, 6.45) is 4.38. The molecule has 232 valence electrons. The Morgan fingerprint density at radius 1 is 0.510 bits per heavy atom. The van der Waals surface area contributed by atoms with Crippen molar-refractivity contribution in [1.29, 1.82) is 0 Å². The van der Waals surface area contributed by atoms with Gasteiger partial charge in [0.25, 0.3) is 0 Å². The van der Waals surface area contributed by atoms with E-state index < -0.39 is 0 Å². The van der Waals surface area contributed by atoms with E-state index in [0.29, 0.717) is 0 Å². The third-order valence-corrected chi connectivity index (χ3v) is 10.8. The first-order valence-electron chi connectivity index (χ1n) is 16.6. The van der Waals surface area contributed by atoms with E-state index in [-0.39, 0.29) is 0 Å². The SMILES string of the molecule is C1=Cc2cccc(N(c3ccc(-c4ccc5oc6ccccc6c5c4)cc3)c3ccc(-c4ccc5sc6ccccc6c5c4)cc3)c2NC1. The summed E-state index contributed by atoms with van der Waals surface area (Å²) in [6.45, 7) is 0.806. The summed E-state index contributed by atoms with van der Waals surface area (Å²) in [6, 6.07) is 54.7. The van der Waals surface area contributed by atoms with Gasteiger partial charge in [-0.15, -0.1) is 11.3 Å². The van der Waals surface area contributed by atoms with Crippen molar-refractivity contribution in [3.63, 3.8) is 0 Å². The molecule has 0 unspecified atom stereocenters. The lowest BCUT2D eigenvalue weighted by Crippen LogP contribution is -2.15. The molecule has 0 radical (unpaired) electrons. The van der Waals surface area contributed by atoms with Gasteiger partial charge in [0.2, 0.25) is 0 Å². The lowest BCUT2D eigenvalue weighted by molar-refractivity contribution is 0.669. The topological polar surface area (TPSA) is 28.4 Å². The van der Waals surface area contributed by atoms with Crippen LogP contribution >= 0.6 is 11.3 Å². The minimum Gasteiger partial charge on any atom is -0.456 e. The molecular formula is C45H30N2OS. The van der Waals surface area contributed by atoms with Crippen LogP contribution in [-0.4, -0.2) is 6.54 Å². The predicted molar refractivity (Wildman–Crippen MR) is 210 cm³/mol. The van der Waals surface area contributed by atoms with Gasteiger partial charge in [0, 0.05) is 48.9 Å². The van der Waals surface area contributed by atoms with Gasteiger partial charge in [0.15, 0.2) is 0 Å². The zero-order valence-corrected chi connectivity index (χ0v) is 27.4. The predicted octanol–water partition coefficient (Wildman–Crippen LogP) is 13.2. The molecule has 0 saturated carbocycles. The van der Waals surface area contributed by atoms with Gasteiger partial charge in [-0.3, -0.25) is 0 Å². The second kappa shape index (κ2) is 11.3. The van der Waals surface area contributed by atoms with Crippen molar-refractivity contribution in [3.05, 3.63) is 163 Å². The number of nitrogens with one attached hydrogen (secondary N) is 1. The van der Waals surface area contributed by atoms with Crippen molar-refractivity contribution >= 4 is 82.3 Å². The molecule has 0 spiro atoms. The average molecular weight is 647 g/mol. The lowest BCUT2D eigenvalue weighted by atomic mass is 10.0. The first-order chi connectivity index (χ1) is 24.3. The first-order valence-corrected chi connectivity index (χ1v) is 17.5. The fourth-order valence-electron chi connectivity index (χ4n) is 7.27. The summed E-state index contributed by atoms with van der Waals surface area (Å²) in [5.74, 6) is 0. The maximum absolute atomic E-state index is 6.09. The van der Waals surface area contributed by atoms with Gasteiger partial charge < -0.3 is 14.6 Å². The molecule has 0 aliphatic carbocycles. The Hall–Kier alpha value is -6.10. The van der Waals surface area contributed by atoms with Crippen molar-refractivity contribution in [3.8, 4) is 22.3 Å². The molecule has 4 heteroatoms. The Morgan fingerprint density at radius 3 is 1.94 bits per heavy atom. The molecule has 3 heterocycles. The summed E-state index contributed by atoms with van der Waals surface area (Å²) < 4.78 is 8.74. The van der Waals surface area contributed by atoms with Crippen LogP contribution < -0.4 is 10.2 Å². The Bertz CT molecular complexity index is 2560. The second-order valence-electron chi connectivity index (χ2n) is 12.6. The van der Waals surface area contributed by atoms with Gasteiger partial charge in [0.05, 0.1) is 11.4 Å². The Kier molecular flexibility index (Phi) is 6.42. The molecule has 10 rings (SSSR count). The molecule has 1 aliphatic heterocycles. The quantitative estimate of drug-likeness (QED) is 0.202. The number of hydrogen-bond acceptors (Lipinski definition) is 4. The molecule has 0 fully saturated rings. The van der Waals surface area contributed by atoms with Crippen molar-refractivity contribution in [2.24, 2.45) is 0 Å². The van der Waals surface area contributed by atoms with E-state index in [1.54, 1.807) is 0 Å². The molecule has 9 aromatic rings.